The van der Waals surface area contributed by atoms with E-state index in [0.29, 0.717) is 0 Å². The summed E-state index contributed by atoms with van der Waals surface area (Å²) in [7, 11) is -5.19. The number of anilines is 1. The first-order valence-electron chi connectivity index (χ1n) is 6.70. The normalized spacial score (nSPS) is 28.5. The molecule has 1 fully saturated rings. The van der Waals surface area contributed by atoms with Crippen molar-refractivity contribution in [1.29, 1.82) is 0 Å². The molecule has 5 atom stereocenters. The number of nitrogens with one attached hydrogen (secondary N) is 1. The Balaban J connectivity index is 1.94. The fraction of sp³-hybridized carbons (Fsp3) is 0.500. The molecular weight excluding hydrogens is 368 g/mol. The Morgan fingerprint density at radius 1 is 1.44 bits per heavy atom. The Morgan fingerprint density at radius 3 is 2.76 bits per heavy atom. The van der Waals surface area contributed by atoms with Crippen molar-refractivity contribution in [2.24, 2.45) is 0 Å². The maximum atomic E-state index is 13.9. The van der Waals surface area contributed by atoms with Gasteiger partial charge < -0.3 is 30.5 Å². The molecule has 0 radical (unpaired) electrons. The molecule has 13 nitrogen and oxygen atoms in total. The summed E-state index contributed by atoms with van der Waals surface area (Å²) < 4.78 is 34.5. The zero-order valence-electron chi connectivity index (χ0n) is 12.1. The fourth-order valence-electron chi connectivity index (χ4n) is 2.45. The number of nitrogen functional groups attached to an aromatic ring is 1. The number of hydrogen-bond acceptors (Lipinski definition) is 9. The first-order chi connectivity index (χ1) is 11.6. The van der Waals surface area contributed by atoms with Crippen LogP contribution in [0.25, 0.3) is 11.2 Å². The number of rotatable bonds is 4. The number of halogens is 1. The fourth-order valence-corrected chi connectivity index (χ4v) is 2.83. The van der Waals surface area contributed by atoms with Crippen molar-refractivity contribution in [2.45, 2.75) is 30.9 Å². The number of alkyl halides is 1. The lowest BCUT2D eigenvalue weighted by molar-refractivity contribution is -0.125. The molecule has 2 aromatic heterocycles. The number of nitrogens with two attached hydrogens (primary N) is 1. The van der Waals surface area contributed by atoms with Gasteiger partial charge in [-0.1, -0.05) is 0 Å². The van der Waals surface area contributed by atoms with Crippen molar-refractivity contribution in [1.82, 2.24) is 19.5 Å². The third-order valence-electron chi connectivity index (χ3n) is 3.50. The summed E-state index contributed by atoms with van der Waals surface area (Å²) in [5.41, 5.74) is 4.51. The Bertz CT molecular complexity index is 897. The van der Waals surface area contributed by atoms with E-state index < -0.39 is 44.3 Å². The van der Waals surface area contributed by atoms with Crippen LogP contribution < -0.4 is 11.3 Å². The van der Waals surface area contributed by atoms with Crippen LogP contribution in [0.2, 0.25) is 0 Å². The first-order valence-corrected chi connectivity index (χ1v) is 8.23. The molecule has 0 saturated carbocycles. The number of imidazole rings is 1. The minimum absolute atomic E-state index is 0.107. The minimum Gasteiger partial charge on any atom is -0.387 e. The van der Waals surface area contributed by atoms with Crippen molar-refractivity contribution >= 4 is 24.9 Å². The van der Waals surface area contributed by atoms with Gasteiger partial charge in [-0.2, -0.15) is 4.98 Å². The quantitative estimate of drug-likeness (QED) is 0.311. The smallest absolute Gasteiger partial charge is 0.387 e. The van der Waals surface area contributed by atoms with Crippen molar-refractivity contribution in [3.8, 4) is 0 Å². The van der Waals surface area contributed by atoms with Gasteiger partial charge in [-0.15, -0.1) is 0 Å². The van der Waals surface area contributed by atoms with Gasteiger partial charge in [0, 0.05) is 0 Å². The van der Waals surface area contributed by atoms with E-state index in [0.717, 1.165) is 10.9 Å². The lowest BCUT2D eigenvalue weighted by atomic mass is 10.1. The highest BCUT2D eigenvalue weighted by molar-refractivity contribution is 7.46. The Labute approximate surface area is 137 Å². The van der Waals surface area contributed by atoms with Gasteiger partial charge in [-0.05, 0) is 0 Å². The molecule has 1 unspecified atom stereocenters. The van der Waals surface area contributed by atoms with Crippen LogP contribution in [0.15, 0.2) is 11.1 Å². The van der Waals surface area contributed by atoms with E-state index in [1.165, 1.54) is 0 Å². The number of fused-ring (bicyclic) bond motifs is 1. The molecule has 1 aliphatic heterocycles. The highest BCUT2D eigenvalue weighted by atomic mass is 31.2. The molecule has 1 saturated heterocycles. The summed E-state index contributed by atoms with van der Waals surface area (Å²) in [6.45, 7) is 0. The number of aromatic nitrogens is 4. The second kappa shape index (κ2) is 6.10. The topological polar surface area (TPSA) is 206 Å². The number of aliphatic hydroxyl groups is 2. The summed E-state index contributed by atoms with van der Waals surface area (Å²) in [4.78, 5) is 38.8. The molecule has 2 aromatic rings. The lowest BCUT2D eigenvalue weighted by Gasteiger charge is -2.19. The van der Waals surface area contributed by atoms with Gasteiger partial charge in [0.15, 0.2) is 17.4 Å². The average Bonchev–Trinajstić information content (AvgIpc) is 3.00. The number of ether oxygens (including phenoxy) is 1. The molecular formula is C10H13FN5O8P. The number of H-pyrrole nitrogens is 1. The Morgan fingerprint density at radius 2 is 2.12 bits per heavy atom. The highest BCUT2D eigenvalue weighted by Gasteiger charge is 2.50. The number of hydrogen-bond donors (Lipinski definition) is 6. The summed E-state index contributed by atoms with van der Waals surface area (Å²) in [5.74, 6) is -0.253. The van der Waals surface area contributed by atoms with E-state index in [1.54, 1.807) is 0 Å². The molecule has 1 aliphatic rings. The third-order valence-corrected chi connectivity index (χ3v) is 3.97. The van der Waals surface area contributed by atoms with Crippen LogP contribution in [0.1, 0.15) is 6.23 Å². The maximum Gasteiger partial charge on any atom is 0.472 e. The maximum absolute atomic E-state index is 13.9. The van der Waals surface area contributed by atoms with E-state index in [1.807, 2.05) is 0 Å². The lowest BCUT2D eigenvalue weighted by Crippen LogP contribution is -2.37. The van der Waals surface area contributed by atoms with Gasteiger partial charge in [0.05, 0.1) is 6.33 Å². The van der Waals surface area contributed by atoms with Crippen molar-refractivity contribution in [2.75, 3.05) is 5.73 Å². The molecule has 138 valence electrons. The molecule has 25 heavy (non-hydrogen) atoms. The Hall–Kier alpha value is -1.93. The predicted molar refractivity (Wildman–Crippen MR) is 76.5 cm³/mol. The zero-order chi connectivity index (χ0) is 18.5. The molecule has 3 rings (SSSR count). The van der Waals surface area contributed by atoms with Crippen molar-refractivity contribution in [3.05, 3.63) is 16.7 Å². The molecule has 7 N–H and O–H groups in total. The monoisotopic (exact) mass is 381 g/mol. The van der Waals surface area contributed by atoms with E-state index in [2.05, 4.69) is 19.5 Å². The van der Waals surface area contributed by atoms with Crippen LogP contribution in [0.4, 0.5) is 10.3 Å². The van der Waals surface area contributed by atoms with Gasteiger partial charge >= 0.3 is 7.82 Å². The number of phosphoric acid groups is 1. The first kappa shape index (κ1) is 17.9. The van der Waals surface area contributed by atoms with Crippen LogP contribution in [-0.2, 0) is 13.8 Å². The van der Waals surface area contributed by atoms with Crippen molar-refractivity contribution in [3.63, 3.8) is 0 Å². The van der Waals surface area contributed by atoms with E-state index in [4.69, 9.17) is 20.3 Å². The van der Waals surface area contributed by atoms with Gasteiger partial charge in [-0.3, -0.25) is 14.3 Å². The highest BCUT2D eigenvalue weighted by Crippen LogP contribution is 2.42. The molecule has 0 aliphatic carbocycles. The SMILES string of the molecule is Nc1nc2c(ncn2[C@@H]2O[C@H](C(F)OP(=O)(O)O)[C@@H](O)[C@H]2O)c(=O)[nH]1. The summed E-state index contributed by atoms with van der Waals surface area (Å²) in [6.07, 6.45) is -8.67. The summed E-state index contributed by atoms with van der Waals surface area (Å²) in [6, 6.07) is 0. The van der Waals surface area contributed by atoms with Crippen LogP contribution in [0.3, 0.4) is 0 Å². The number of aromatic amines is 1. The van der Waals surface area contributed by atoms with Crippen LogP contribution in [-0.4, -0.2) is 64.2 Å². The second-order valence-corrected chi connectivity index (χ2v) is 6.39. The summed E-state index contributed by atoms with van der Waals surface area (Å²) in [5, 5.41) is 19.9. The van der Waals surface area contributed by atoms with Crippen molar-refractivity contribution < 1.29 is 38.2 Å². The van der Waals surface area contributed by atoms with Gasteiger partial charge in [0.2, 0.25) is 12.3 Å². The van der Waals surface area contributed by atoms with Gasteiger partial charge in [0.1, 0.15) is 18.3 Å². The molecule has 0 bridgehead atoms. The van der Waals surface area contributed by atoms with E-state index in [9.17, 15) is 24.0 Å². The molecule has 0 spiro atoms. The number of phosphoric ester groups is 1. The van der Waals surface area contributed by atoms with Crippen LogP contribution in [0.5, 0.6) is 0 Å². The van der Waals surface area contributed by atoms with E-state index in [-0.39, 0.29) is 17.1 Å². The van der Waals surface area contributed by atoms with E-state index >= 15 is 0 Å². The number of aliphatic hydroxyl groups excluding tert-OH is 2. The van der Waals surface area contributed by atoms with Gasteiger partial charge in [-0.25, -0.2) is 18.5 Å². The predicted octanol–water partition coefficient (Wildman–Crippen LogP) is -2.27. The zero-order valence-corrected chi connectivity index (χ0v) is 13.0. The standard InChI is InChI=1S/C10H13FN5O8P/c11-6(24-25(20,21)22)5-3(17)4(18)9(23-5)16-1-13-2-7(16)14-10(12)15-8(2)19/h1,3-6,9,17-18H,(H2,20,21,22)(H3,12,14,15,19)/t3-,4+,5-,6?,9+/m0/s1. The summed E-state index contributed by atoms with van der Waals surface area (Å²) >= 11 is 0. The second-order valence-electron chi connectivity index (χ2n) is 5.19. The molecule has 15 heteroatoms. The minimum atomic E-state index is -5.19. The Kier molecular flexibility index (Phi) is 4.36. The van der Waals surface area contributed by atoms with Gasteiger partial charge in [0.25, 0.3) is 5.56 Å². The molecule has 0 amide bonds. The molecule has 3 heterocycles. The van der Waals surface area contributed by atoms with Crippen LogP contribution in [0, 0.1) is 0 Å². The van der Waals surface area contributed by atoms with Crippen LogP contribution >= 0.6 is 7.82 Å². The molecule has 0 aromatic carbocycles. The third kappa shape index (κ3) is 3.28. The average molecular weight is 381 g/mol. The largest absolute Gasteiger partial charge is 0.472 e. The number of nitrogens with zero attached hydrogens (tertiary/aromatic N) is 3.